The van der Waals surface area contributed by atoms with Gasteiger partial charge >= 0.3 is 0 Å². The van der Waals surface area contributed by atoms with E-state index < -0.39 is 0 Å². The molecular weight excluding hydrogens is 318 g/mol. The van der Waals surface area contributed by atoms with Gasteiger partial charge in [0.05, 0.1) is 5.56 Å². The van der Waals surface area contributed by atoms with Crippen molar-refractivity contribution in [3.05, 3.63) is 97.1 Å². The van der Waals surface area contributed by atoms with E-state index in [9.17, 15) is 5.26 Å². The quantitative estimate of drug-likeness (QED) is 0.508. The van der Waals surface area contributed by atoms with Crippen molar-refractivity contribution in [1.29, 1.82) is 5.26 Å². The van der Waals surface area contributed by atoms with Gasteiger partial charge in [-0.3, -0.25) is 9.97 Å². The van der Waals surface area contributed by atoms with Crippen LogP contribution in [0, 0.1) is 11.3 Å². The van der Waals surface area contributed by atoms with Gasteiger partial charge in [-0.25, -0.2) is 0 Å². The normalized spacial score (nSPS) is 10.3. The smallest absolute Gasteiger partial charge is 0.100 e. The maximum Gasteiger partial charge on any atom is 0.100 e. The number of nitriles is 1. The van der Waals surface area contributed by atoms with Gasteiger partial charge in [0.2, 0.25) is 0 Å². The summed E-state index contributed by atoms with van der Waals surface area (Å²) in [4.78, 5) is 8.19. The van der Waals surface area contributed by atoms with E-state index in [-0.39, 0.29) is 0 Å². The monoisotopic (exact) mass is 333 g/mol. The van der Waals surface area contributed by atoms with Crippen LogP contribution in [-0.2, 0) is 0 Å². The average molecular weight is 333 g/mol. The summed E-state index contributed by atoms with van der Waals surface area (Å²) in [7, 11) is 0. The average Bonchev–Trinajstić information content (AvgIpc) is 2.74. The van der Waals surface area contributed by atoms with Crippen LogP contribution in [0.15, 0.2) is 91.5 Å². The molecule has 4 aromatic rings. The van der Waals surface area contributed by atoms with Gasteiger partial charge in [-0.15, -0.1) is 0 Å². The number of hydrogen-bond donors (Lipinski definition) is 0. The zero-order chi connectivity index (χ0) is 17.8. The summed E-state index contributed by atoms with van der Waals surface area (Å²) in [6.07, 6.45) is 7.03. The van der Waals surface area contributed by atoms with Crippen LogP contribution in [0.2, 0.25) is 0 Å². The van der Waals surface area contributed by atoms with E-state index in [0.29, 0.717) is 5.56 Å². The number of nitrogens with zero attached hydrogens (tertiary/aromatic N) is 3. The molecule has 0 unspecified atom stereocenters. The Labute approximate surface area is 152 Å². The molecule has 0 radical (unpaired) electrons. The van der Waals surface area contributed by atoms with Gasteiger partial charge in [-0.2, -0.15) is 5.26 Å². The molecule has 0 atom stereocenters. The standard InChI is InChI=1S/C23H15N3/c24-16-22-20(17-8-12-25-13-9-17)6-7-21(18-10-14-26-15-11-18)23(22)19-4-2-1-3-5-19/h1-15H. The summed E-state index contributed by atoms with van der Waals surface area (Å²) in [5.74, 6) is 0. The first-order valence-electron chi connectivity index (χ1n) is 8.32. The largest absolute Gasteiger partial charge is 0.265 e. The van der Waals surface area contributed by atoms with Crippen LogP contribution in [0.1, 0.15) is 5.56 Å². The van der Waals surface area contributed by atoms with E-state index in [1.807, 2.05) is 60.7 Å². The van der Waals surface area contributed by atoms with Crippen molar-refractivity contribution in [2.24, 2.45) is 0 Å². The minimum atomic E-state index is 0.664. The second-order valence-corrected chi connectivity index (χ2v) is 5.86. The maximum absolute atomic E-state index is 10.0. The Kier molecular flexibility index (Phi) is 4.24. The first-order valence-corrected chi connectivity index (χ1v) is 8.32. The van der Waals surface area contributed by atoms with Crippen LogP contribution in [0.4, 0.5) is 0 Å². The van der Waals surface area contributed by atoms with Crippen molar-refractivity contribution in [2.45, 2.75) is 0 Å². The van der Waals surface area contributed by atoms with Gasteiger partial charge < -0.3 is 0 Å². The molecule has 2 heterocycles. The van der Waals surface area contributed by atoms with Crippen molar-refractivity contribution in [3.8, 4) is 39.4 Å². The second-order valence-electron chi connectivity index (χ2n) is 5.86. The van der Waals surface area contributed by atoms with Gasteiger partial charge in [0.25, 0.3) is 0 Å². The molecule has 2 aromatic heterocycles. The molecule has 3 nitrogen and oxygen atoms in total. The molecule has 122 valence electrons. The SMILES string of the molecule is N#Cc1c(-c2ccncc2)ccc(-c2ccncc2)c1-c1ccccc1. The molecule has 26 heavy (non-hydrogen) atoms. The van der Waals surface area contributed by atoms with Crippen LogP contribution in [0.25, 0.3) is 33.4 Å². The van der Waals surface area contributed by atoms with Crippen LogP contribution in [0.3, 0.4) is 0 Å². The molecule has 4 rings (SSSR count). The number of benzene rings is 2. The minimum absolute atomic E-state index is 0.664. The molecule has 0 amide bonds. The summed E-state index contributed by atoms with van der Waals surface area (Å²) >= 11 is 0. The Morgan fingerprint density at radius 2 is 1.12 bits per heavy atom. The van der Waals surface area contributed by atoms with E-state index in [0.717, 1.165) is 33.4 Å². The molecule has 0 saturated heterocycles. The third-order valence-electron chi connectivity index (χ3n) is 4.36. The zero-order valence-corrected chi connectivity index (χ0v) is 14.0. The van der Waals surface area contributed by atoms with Crippen LogP contribution < -0.4 is 0 Å². The molecule has 0 aliphatic carbocycles. The third-order valence-corrected chi connectivity index (χ3v) is 4.36. The second kappa shape index (κ2) is 7.00. The number of hydrogen-bond acceptors (Lipinski definition) is 3. The summed E-state index contributed by atoms with van der Waals surface area (Å²) in [5, 5.41) is 10.0. The van der Waals surface area contributed by atoms with Gasteiger partial charge in [-0.05, 0) is 46.5 Å². The van der Waals surface area contributed by atoms with Crippen molar-refractivity contribution in [3.63, 3.8) is 0 Å². The highest BCUT2D eigenvalue weighted by Crippen LogP contribution is 2.39. The lowest BCUT2D eigenvalue weighted by Crippen LogP contribution is -1.94. The molecular formula is C23H15N3. The van der Waals surface area contributed by atoms with Gasteiger partial charge in [0.1, 0.15) is 6.07 Å². The molecule has 0 bridgehead atoms. The lowest BCUT2D eigenvalue weighted by Gasteiger charge is -2.16. The van der Waals surface area contributed by atoms with Crippen molar-refractivity contribution >= 4 is 0 Å². The Morgan fingerprint density at radius 3 is 1.69 bits per heavy atom. The number of rotatable bonds is 3. The first kappa shape index (κ1) is 15.7. The summed E-state index contributed by atoms with van der Waals surface area (Å²) in [6.45, 7) is 0. The van der Waals surface area contributed by atoms with Crippen molar-refractivity contribution in [1.82, 2.24) is 9.97 Å². The molecule has 2 aromatic carbocycles. The molecule has 0 N–H and O–H groups in total. The lowest BCUT2D eigenvalue weighted by atomic mass is 9.86. The van der Waals surface area contributed by atoms with Gasteiger partial charge in [-0.1, -0.05) is 42.5 Å². The highest BCUT2D eigenvalue weighted by molar-refractivity contribution is 5.92. The Hall–Kier alpha value is -3.77. The van der Waals surface area contributed by atoms with E-state index in [4.69, 9.17) is 0 Å². The maximum atomic E-state index is 10.0. The molecule has 0 aliphatic rings. The van der Waals surface area contributed by atoms with Crippen LogP contribution in [0.5, 0.6) is 0 Å². The predicted octanol–water partition coefficient (Wildman–Crippen LogP) is 5.35. The fourth-order valence-electron chi connectivity index (χ4n) is 3.17. The molecule has 0 fully saturated rings. The number of aromatic nitrogens is 2. The highest BCUT2D eigenvalue weighted by Gasteiger charge is 2.17. The van der Waals surface area contributed by atoms with E-state index in [1.54, 1.807) is 24.8 Å². The van der Waals surface area contributed by atoms with Crippen molar-refractivity contribution in [2.75, 3.05) is 0 Å². The van der Waals surface area contributed by atoms with Gasteiger partial charge in [0, 0.05) is 35.9 Å². The Balaban J connectivity index is 2.05. The Morgan fingerprint density at radius 1 is 0.577 bits per heavy atom. The molecule has 0 spiro atoms. The van der Waals surface area contributed by atoms with Crippen LogP contribution in [-0.4, -0.2) is 9.97 Å². The highest BCUT2D eigenvalue weighted by atomic mass is 14.6. The Bertz CT molecular complexity index is 1070. The zero-order valence-electron chi connectivity index (χ0n) is 14.0. The summed E-state index contributed by atoms with van der Waals surface area (Å²) < 4.78 is 0. The van der Waals surface area contributed by atoms with E-state index >= 15 is 0 Å². The number of pyridine rings is 2. The minimum Gasteiger partial charge on any atom is -0.265 e. The van der Waals surface area contributed by atoms with E-state index in [2.05, 4.69) is 22.1 Å². The summed E-state index contributed by atoms with van der Waals surface area (Å²) in [5.41, 5.74) is 6.57. The van der Waals surface area contributed by atoms with Gasteiger partial charge in [0.15, 0.2) is 0 Å². The molecule has 3 heteroatoms. The molecule has 0 aliphatic heterocycles. The fraction of sp³-hybridized carbons (Fsp3) is 0. The predicted molar refractivity (Wildman–Crippen MR) is 103 cm³/mol. The first-order chi connectivity index (χ1) is 12.9. The molecule has 0 saturated carbocycles. The van der Waals surface area contributed by atoms with Crippen LogP contribution >= 0.6 is 0 Å². The van der Waals surface area contributed by atoms with Crippen molar-refractivity contribution < 1.29 is 0 Å². The lowest BCUT2D eigenvalue weighted by molar-refractivity contribution is 1.32. The summed E-state index contributed by atoms with van der Waals surface area (Å²) in [6, 6.07) is 24.4. The third kappa shape index (κ3) is 2.85. The fourth-order valence-corrected chi connectivity index (χ4v) is 3.17. The van der Waals surface area contributed by atoms with E-state index in [1.165, 1.54) is 0 Å². The topological polar surface area (TPSA) is 49.6 Å².